The van der Waals surface area contributed by atoms with E-state index in [9.17, 15) is 4.79 Å². The van der Waals surface area contributed by atoms with Crippen LogP contribution in [0.25, 0.3) is 0 Å². The van der Waals surface area contributed by atoms with Crippen LogP contribution in [-0.2, 0) is 0 Å². The Labute approximate surface area is 117 Å². The standard InChI is InChI=1S/C14H17N5O/c1-9(2)10-4-3-5-11(6-10)17-14(20)12-7-16-8-13(18-12)19-15/h3-9H,15H2,1-2H3,(H,17,20)(H,18,19). The first kappa shape index (κ1) is 14.0. The fourth-order valence-electron chi connectivity index (χ4n) is 1.72. The fraction of sp³-hybridized carbons (Fsp3) is 0.214. The van der Waals surface area contributed by atoms with Crippen molar-refractivity contribution in [3.8, 4) is 0 Å². The van der Waals surface area contributed by atoms with Crippen LogP contribution in [0.5, 0.6) is 0 Å². The van der Waals surface area contributed by atoms with Crippen molar-refractivity contribution in [1.82, 2.24) is 9.97 Å². The topological polar surface area (TPSA) is 92.9 Å². The van der Waals surface area contributed by atoms with Gasteiger partial charge in [-0.1, -0.05) is 26.0 Å². The van der Waals surface area contributed by atoms with Gasteiger partial charge in [-0.25, -0.2) is 10.8 Å². The van der Waals surface area contributed by atoms with Crippen LogP contribution in [0, 0.1) is 0 Å². The minimum Gasteiger partial charge on any atom is -0.321 e. The highest BCUT2D eigenvalue weighted by Crippen LogP contribution is 2.18. The molecule has 0 bridgehead atoms. The van der Waals surface area contributed by atoms with Crippen molar-refractivity contribution in [2.24, 2.45) is 5.84 Å². The molecule has 2 aromatic rings. The first-order valence-corrected chi connectivity index (χ1v) is 6.30. The number of carbonyl (C=O) groups is 1. The molecular formula is C14H17N5O. The largest absolute Gasteiger partial charge is 0.321 e. The zero-order chi connectivity index (χ0) is 14.5. The van der Waals surface area contributed by atoms with E-state index in [-0.39, 0.29) is 11.6 Å². The molecule has 6 nitrogen and oxygen atoms in total. The Balaban J connectivity index is 2.16. The Kier molecular flexibility index (Phi) is 4.27. The van der Waals surface area contributed by atoms with Crippen LogP contribution in [0.1, 0.15) is 35.8 Å². The summed E-state index contributed by atoms with van der Waals surface area (Å²) >= 11 is 0. The van der Waals surface area contributed by atoms with Gasteiger partial charge < -0.3 is 10.7 Å². The van der Waals surface area contributed by atoms with Crippen molar-refractivity contribution >= 4 is 17.4 Å². The van der Waals surface area contributed by atoms with Gasteiger partial charge in [0, 0.05) is 5.69 Å². The van der Waals surface area contributed by atoms with E-state index in [1.165, 1.54) is 12.4 Å². The summed E-state index contributed by atoms with van der Waals surface area (Å²) in [6.45, 7) is 4.20. The first-order chi connectivity index (χ1) is 9.60. The van der Waals surface area contributed by atoms with Crippen LogP contribution in [0.2, 0.25) is 0 Å². The molecule has 1 aromatic carbocycles. The lowest BCUT2D eigenvalue weighted by Gasteiger charge is -2.09. The van der Waals surface area contributed by atoms with Crippen molar-refractivity contribution in [2.75, 3.05) is 10.7 Å². The van der Waals surface area contributed by atoms with Gasteiger partial charge >= 0.3 is 0 Å². The second kappa shape index (κ2) is 6.12. The summed E-state index contributed by atoms with van der Waals surface area (Å²) in [5.41, 5.74) is 4.45. The summed E-state index contributed by atoms with van der Waals surface area (Å²) in [7, 11) is 0. The predicted octanol–water partition coefficient (Wildman–Crippen LogP) is 2.14. The van der Waals surface area contributed by atoms with Crippen LogP contribution in [-0.4, -0.2) is 15.9 Å². The van der Waals surface area contributed by atoms with Gasteiger partial charge in [0.15, 0.2) is 5.82 Å². The number of nitrogens with two attached hydrogens (primary N) is 1. The zero-order valence-corrected chi connectivity index (χ0v) is 11.4. The molecular weight excluding hydrogens is 254 g/mol. The highest BCUT2D eigenvalue weighted by molar-refractivity contribution is 6.02. The molecule has 2 rings (SSSR count). The van der Waals surface area contributed by atoms with Crippen molar-refractivity contribution in [3.05, 3.63) is 47.9 Å². The third-order valence-corrected chi connectivity index (χ3v) is 2.83. The van der Waals surface area contributed by atoms with Gasteiger partial charge in [-0.15, -0.1) is 0 Å². The van der Waals surface area contributed by atoms with E-state index in [0.29, 0.717) is 11.7 Å². The molecule has 0 saturated carbocycles. The Morgan fingerprint density at radius 1 is 1.30 bits per heavy atom. The summed E-state index contributed by atoms with van der Waals surface area (Å²) in [6.07, 6.45) is 2.83. The average molecular weight is 271 g/mol. The smallest absolute Gasteiger partial charge is 0.275 e. The maximum Gasteiger partial charge on any atom is 0.275 e. The number of carbonyl (C=O) groups excluding carboxylic acids is 1. The number of benzene rings is 1. The number of aromatic nitrogens is 2. The second-order valence-corrected chi connectivity index (χ2v) is 4.67. The summed E-state index contributed by atoms with van der Waals surface area (Å²) in [5, 5.41) is 2.79. The lowest BCUT2D eigenvalue weighted by molar-refractivity contribution is 0.102. The van der Waals surface area contributed by atoms with E-state index >= 15 is 0 Å². The monoisotopic (exact) mass is 271 g/mol. The Morgan fingerprint density at radius 2 is 2.10 bits per heavy atom. The van der Waals surface area contributed by atoms with E-state index in [1.54, 1.807) is 0 Å². The molecule has 1 amide bonds. The SMILES string of the molecule is CC(C)c1cccc(NC(=O)c2cncc(NN)n2)c1. The lowest BCUT2D eigenvalue weighted by atomic mass is 10.0. The van der Waals surface area contributed by atoms with Gasteiger partial charge in [0.1, 0.15) is 5.69 Å². The van der Waals surface area contributed by atoms with Crippen LogP contribution >= 0.6 is 0 Å². The molecule has 4 N–H and O–H groups in total. The van der Waals surface area contributed by atoms with Gasteiger partial charge in [0.2, 0.25) is 0 Å². The average Bonchev–Trinajstić information content (AvgIpc) is 2.47. The maximum atomic E-state index is 12.1. The van der Waals surface area contributed by atoms with E-state index < -0.39 is 0 Å². The Morgan fingerprint density at radius 3 is 2.80 bits per heavy atom. The molecule has 0 fully saturated rings. The van der Waals surface area contributed by atoms with E-state index in [1.807, 2.05) is 24.3 Å². The Bertz CT molecular complexity index is 612. The number of hydrogen-bond acceptors (Lipinski definition) is 5. The van der Waals surface area contributed by atoms with E-state index in [0.717, 1.165) is 11.3 Å². The van der Waals surface area contributed by atoms with Crippen LogP contribution in [0.3, 0.4) is 0 Å². The van der Waals surface area contributed by atoms with Gasteiger partial charge in [-0.2, -0.15) is 0 Å². The molecule has 20 heavy (non-hydrogen) atoms. The summed E-state index contributed by atoms with van der Waals surface area (Å²) < 4.78 is 0. The Hall–Kier alpha value is -2.47. The van der Waals surface area contributed by atoms with Crippen LogP contribution in [0.4, 0.5) is 11.5 Å². The van der Waals surface area contributed by atoms with Gasteiger partial charge in [-0.05, 0) is 23.6 Å². The molecule has 0 saturated heterocycles. The van der Waals surface area contributed by atoms with Gasteiger partial charge in [-0.3, -0.25) is 9.78 Å². The minimum absolute atomic E-state index is 0.204. The number of nitrogen functional groups attached to an aromatic ring is 1. The number of rotatable bonds is 4. The first-order valence-electron chi connectivity index (χ1n) is 6.30. The summed E-state index contributed by atoms with van der Waals surface area (Å²) in [6, 6.07) is 7.72. The third kappa shape index (κ3) is 3.30. The number of nitrogens with one attached hydrogen (secondary N) is 2. The summed E-state index contributed by atoms with van der Waals surface area (Å²) in [5.74, 6) is 5.66. The number of hydrazine groups is 1. The third-order valence-electron chi connectivity index (χ3n) is 2.83. The molecule has 6 heteroatoms. The number of amides is 1. The molecule has 0 atom stereocenters. The molecule has 0 radical (unpaired) electrons. The minimum atomic E-state index is -0.324. The number of nitrogens with zero attached hydrogens (tertiary/aromatic N) is 2. The summed E-state index contributed by atoms with van der Waals surface area (Å²) in [4.78, 5) is 20.0. The molecule has 1 heterocycles. The van der Waals surface area contributed by atoms with E-state index in [2.05, 4.69) is 34.6 Å². The number of hydrogen-bond donors (Lipinski definition) is 3. The van der Waals surface area contributed by atoms with Crippen LogP contribution in [0.15, 0.2) is 36.7 Å². The second-order valence-electron chi connectivity index (χ2n) is 4.67. The maximum absolute atomic E-state index is 12.1. The quantitative estimate of drug-likeness (QED) is 0.585. The normalized spacial score (nSPS) is 10.4. The predicted molar refractivity (Wildman–Crippen MR) is 78.3 cm³/mol. The highest BCUT2D eigenvalue weighted by Gasteiger charge is 2.09. The fourth-order valence-corrected chi connectivity index (χ4v) is 1.72. The molecule has 0 aliphatic carbocycles. The zero-order valence-electron chi connectivity index (χ0n) is 11.4. The van der Waals surface area contributed by atoms with Crippen molar-refractivity contribution in [2.45, 2.75) is 19.8 Å². The molecule has 0 aliphatic heterocycles. The highest BCUT2D eigenvalue weighted by atomic mass is 16.1. The van der Waals surface area contributed by atoms with Gasteiger partial charge in [0.05, 0.1) is 12.4 Å². The van der Waals surface area contributed by atoms with Crippen LogP contribution < -0.4 is 16.6 Å². The number of anilines is 2. The van der Waals surface area contributed by atoms with Crippen molar-refractivity contribution in [1.29, 1.82) is 0 Å². The lowest BCUT2D eigenvalue weighted by Crippen LogP contribution is -2.16. The molecule has 0 aliphatic rings. The molecule has 1 aromatic heterocycles. The molecule has 0 unspecified atom stereocenters. The van der Waals surface area contributed by atoms with Gasteiger partial charge in [0.25, 0.3) is 5.91 Å². The van der Waals surface area contributed by atoms with Crippen molar-refractivity contribution < 1.29 is 4.79 Å². The molecule has 0 spiro atoms. The van der Waals surface area contributed by atoms with Crippen molar-refractivity contribution in [3.63, 3.8) is 0 Å². The van der Waals surface area contributed by atoms with E-state index in [4.69, 9.17) is 5.84 Å². The molecule has 104 valence electrons.